The average Bonchev–Trinajstić information content (AvgIpc) is 2.74. The number of benzene rings is 1. The lowest BCUT2D eigenvalue weighted by molar-refractivity contribution is -0.116. The molecular formula is C12H13FN4O. The number of carbonyl (C=O) groups excluding carboxylic acids is 1. The molecule has 2 aromatic rings. The van der Waals surface area contributed by atoms with E-state index in [1.807, 2.05) is 0 Å². The zero-order valence-electron chi connectivity index (χ0n) is 9.93. The molecule has 2 rings (SSSR count). The fraction of sp³-hybridized carbons (Fsp3) is 0.250. The molecule has 0 aliphatic heterocycles. The van der Waals surface area contributed by atoms with Gasteiger partial charge in [0.05, 0.1) is 6.20 Å². The van der Waals surface area contributed by atoms with Crippen molar-refractivity contribution in [3.63, 3.8) is 0 Å². The predicted octanol–water partition coefficient (Wildman–Crippen LogP) is 1.53. The van der Waals surface area contributed by atoms with Gasteiger partial charge in [-0.1, -0.05) is 23.4 Å². The zero-order valence-corrected chi connectivity index (χ0v) is 9.93. The summed E-state index contributed by atoms with van der Waals surface area (Å²) in [4.78, 5) is 11.6. The lowest BCUT2D eigenvalue weighted by Crippen LogP contribution is -2.13. The second kappa shape index (κ2) is 5.39. The minimum Gasteiger partial charge on any atom is -0.308 e. The Labute approximate surface area is 104 Å². The van der Waals surface area contributed by atoms with Gasteiger partial charge >= 0.3 is 0 Å². The summed E-state index contributed by atoms with van der Waals surface area (Å²) in [5, 5.41) is 10.0. The van der Waals surface area contributed by atoms with Crippen LogP contribution in [0.25, 0.3) is 0 Å². The molecule has 1 heterocycles. The van der Waals surface area contributed by atoms with E-state index >= 15 is 0 Å². The molecule has 0 spiro atoms. The standard InChI is InChI=1S/C12H13FN4O/c1-17-8-11(15-16-17)14-12(18)7-6-9-4-2-3-5-10(9)13/h2-5,8H,6-7H2,1H3,(H,14,18). The number of aromatic nitrogens is 3. The third-order valence-corrected chi connectivity index (χ3v) is 2.45. The zero-order chi connectivity index (χ0) is 13.0. The number of nitrogens with one attached hydrogen (secondary N) is 1. The van der Waals surface area contributed by atoms with Gasteiger partial charge in [0.2, 0.25) is 5.91 Å². The largest absolute Gasteiger partial charge is 0.308 e. The Kier molecular flexibility index (Phi) is 3.66. The number of carbonyl (C=O) groups is 1. The molecule has 1 amide bonds. The molecule has 0 unspecified atom stereocenters. The maximum absolute atomic E-state index is 13.3. The molecular weight excluding hydrogens is 235 g/mol. The lowest BCUT2D eigenvalue weighted by Gasteiger charge is -2.03. The van der Waals surface area contributed by atoms with E-state index in [0.29, 0.717) is 17.8 Å². The maximum Gasteiger partial charge on any atom is 0.225 e. The van der Waals surface area contributed by atoms with Crippen LogP contribution in [0.5, 0.6) is 0 Å². The van der Waals surface area contributed by atoms with E-state index in [-0.39, 0.29) is 18.1 Å². The van der Waals surface area contributed by atoms with Gasteiger partial charge in [-0.15, -0.1) is 5.10 Å². The Morgan fingerprint density at radius 2 is 2.22 bits per heavy atom. The number of hydrogen-bond donors (Lipinski definition) is 1. The van der Waals surface area contributed by atoms with Crippen molar-refractivity contribution < 1.29 is 9.18 Å². The molecule has 0 aliphatic carbocycles. The van der Waals surface area contributed by atoms with Crippen LogP contribution in [0.2, 0.25) is 0 Å². The highest BCUT2D eigenvalue weighted by atomic mass is 19.1. The van der Waals surface area contributed by atoms with Crippen molar-refractivity contribution in [2.24, 2.45) is 7.05 Å². The molecule has 6 heteroatoms. The van der Waals surface area contributed by atoms with Crippen LogP contribution in [0.15, 0.2) is 30.5 Å². The summed E-state index contributed by atoms with van der Waals surface area (Å²) in [5.74, 6) is -0.0976. The SMILES string of the molecule is Cn1cc(NC(=O)CCc2ccccc2F)nn1. The quantitative estimate of drug-likeness (QED) is 0.892. The van der Waals surface area contributed by atoms with Gasteiger partial charge in [-0.2, -0.15) is 0 Å². The average molecular weight is 248 g/mol. The topological polar surface area (TPSA) is 59.8 Å². The van der Waals surface area contributed by atoms with Gasteiger partial charge in [0.25, 0.3) is 0 Å². The minimum atomic E-state index is -0.287. The number of hydrogen-bond acceptors (Lipinski definition) is 3. The van der Waals surface area contributed by atoms with Crippen LogP contribution >= 0.6 is 0 Å². The fourth-order valence-electron chi connectivity index (χ4n) is 1.56. The Morgan fingerprint density at radius 1 is 1.44 bits per heavy atom. The summed E-state index contributed by atoms with van der Waals surface area (Å²) in [5.41, 5.74) is 0.534. The van der Waals surface area contributed by atoms with E-state index < -0.39 is 0 Å². The number of anilines is 1. The second-order valence-corrected chi connectivity index (χ2v) is 3.92. The number of halogens is 1. The summed E-state index contributed by atoms with van der Waals surface area (Å²) in [6.45, 7) is 0. The molecule has 0 bridgehead atoms. The highest BCUT2D eigenvalue weighted by Crippen LogP contribution is 2.09. The van der Waals surface area contributed by atoms with Crippen molar-refractivity contribution in [2.75, 3.05) is 5.32 Å². The molecule has 18 heavy (non-hydrogen) atoms. The highest BCUT2D eigenvalue weighted by molar-refractivity contribution is 5.89. The van der Waals surface area contributed by atoms with Gasteiger partial charge in [-0.25, -0.2) is 4.39 Å². The summed E-state index contributed by atoms with van der Waals surface area (Å²) >= 11 is 0. The Balaban J connectivity index is 1.87. The molecule has 94 valence electrons. The lowest BCUT2D eigenvalue weighted by atomic mass is 10.1. The molecule has 5 nitrogen and oxygen atoms in total. The first-order valence-corrected chi connectivity index (χ1v) is 5.55. The maximum atomic E-state index is 13.3. The summed E-state index contributed by atoms with van der Waals surface area (Å²) < 4.78 is 14.8. The normalized spacial score (nSPS) is 10.3. The van der Waals surface area contributed by atoms with Crippen LogP contribution in [0.4, 0.5) is 10.2 Å². The van der Waals surface area contributed by atoms with Crippen LogP contribution in [0, 0.1) is 5.82 Å². The highest BCUT2D eigenvalue weighted by Gasteiger charge is 2.07. The van der Waals surface area contributed by atoms with E-state index in [0.717, 1.165) is 0 Å². The first kappa shape index (κ1) is 12.2. The molecule has 0 radical (unpaired) electrons. The van der Waals surface area contributed by atoms with Gasteiger partial charge in [0.1, 0.15) is 5.82 Å². The molecule has 0 saturated heterocycles. The fourth-order valence-corrected chi connectivity index (χ4v) is 1.56. The van der Waals surface area contributed by atoms with E-state index in [4.69, 9.17) is 0 Å². The van der Waals surface area contributed by atoms with Crippen molar-refractivity contribution in [3.05, 3.63) is 41.8 Å². The molecule has 0 fully saturated rings. The minimum absolute atomic E-state index is 0.206. The van der Waals surface area contributed by atoms with E-state index in [1.54, 1.807) is 31.4 Å². The summed E-state index contributed by atoms with van der Waals surface area (Å²) in [6.07, 6.45) is 2.16. The van der Waals surface area contributed by atoms with Crippen molar-refractivity contribution in [3.8, 4) is 0 Å². The molecule has 1 aromatic carbocycles. The van der Waals surface area contributed by atoms with Crippen molar-refractivity contribution in [2.45, 2.75) is 12.8 Å². The van der Waals surface area contributed by atoms with Crippen LogP contribution in [0.1, 0.15) is 12.0 Å². The summed E-state index contributed by atoms with van der Waals surface area (Å²) in [6, 6.07) is 6.43. The third kappa shape index (κ3) is 3.13. The molecule has 1 N–H and O–H groups in total. The van der Waals surface area contributed by atoms with Crippen LogP contribution < -0.4 is 5.32 Å². The van der Waals surface area contributed by atoms with Crippen molar-refractivity contribution >= 4 is 11.7 Å². The first-order valence-electron chi connectivity index (χ1n) is 5.55. The number of rotatable bonds is 4. The first-order chi connectivity index (χ1) is 8.65. The second-order valence-electron chi connectivity index (χ2n) is 3.92. The van der Waals surface area contributed by atoms with Gasteiger partial charge in [0.15, 0.2) is 5.82 Å². The van der Waals surface area contributed by atoms with Gasteiger partial charge in [-0.05, 0) is 18.1 Å². The Morgan fingerprint density at radius 3 is 2.89 bits per heavy atom. The predicted molar refractivity (Wildman–Crippen MR) is 64.4 cm³/mol. The molecule has 0 atom stereocenters. The van der Waals surface area contributed by atoms with E-state index in [9.17, 15) is 9.18 Å². The van der Waals surface area contributed by atoms with E-state index in [2.05, 4.69) is 15.6 Å². The third-order valence-electron chi connectivity index (χ3n) is 2.45. The molecule has 0 saturated carbocycles. The van der Waals surface area contributed by atoms with Crippen molar-refractivity contribution in [1.29, 1.82) is 0 Å². The van der Waals surface area contributed by atoms with Crippen molar-refractivity contribution in [1.82, 2.24) is 15.0 Å². The van der Waals surface area contributed by atoms with Crippen LogP contribution in [-0.2, 0) is 18.3 Å². The van der Waals surface area contributed by atoms with Gasteiger partial charge in [-0.3, -0.25) is 9.48 Å². The molecule has 0 aliphatic rings. The Bertz CT molecular complexity index is 553. The number of aryl methyl sites for hydroxylation is 2. The number of amides is 1. The van der Waals surface area contributed by atoms with Gasteiger partial charge in [0, 0.05) is 13.5 Å². The monoisotopic (exact) mass is 248 g/mol. The Hall–Kier alpha value is -2.24. The van der Waals surface area contributed by atoms with Gasteiger partial charge < -0.3 is 5.32 Å². The smallest absolute Gasteiger partial charge is 0.225 e. The van der Waals surface area contributed by atoms with Crippen LogP contribution in [-0.4, -0.2) is 20.9 Å². The number of nitrogens with zero attached hydrogens (tertiary/aromatic N) is 3. The van der Waals surface area contributed by atoms with E-state index in [1.165, 1.54) is 10.7 Å². The summed E-state index contributed by atoms with van der Waals surface area (Å²) in [7, 11) is 1.71. The molecule has 1 aromatic heterocycles. The van der Waals surface area contributed by atoms with Crippen LogP contribution in [0.3, 0.4) is 0 Å².